The van der Waals surface area contributed by atoms with Gasteiger partial charge in [0.1, 0.15) is 0 Å². The van der Waals surface area contributed by atoms with E-state index in [2.05, 4.69) is 40.5 Å². The van der Waals surface area contributed by atoms with Gasteiger partial charge in [0, 0.05) is 31.7 Å². The van der Waals surface area contributed by atoms with Crippen molar-refractivity contribution in [3.63, 3.8) is 0 Å². The fourth-order valence-electron chi connectivity index (χ4n) is 2.19. The number of nitrogens with zero attached hydrogens (tertiary/aromatic N) is 3. The number of hydrogen-bond acceptors (Lipinski definition) is 3. The van der Waals surface area contributed by atoms with Gasteiger partial charge in [0.05, 0.1) is 5.69 Å². The highest BCUT2D eigenvalue weighted by molar-refractivity contribution is 5.12. The third-order valence-corrected chi connectivity index (χ3v) is 3.14. The fraction of sp³-hybridized carbons (Fsp3) is 0.429. The van der Waals surface area contributed by atoms with E-state index in [1.807, 2.05) is 30.3 Å². The molecule has 1 N–H and O–H groups in total. The zero-order valence-electron chi connectivity index (χ0n) is 11.0. The Morgan fingerprint density at radius 2 is 2.00 bits per heavy atom. The Morgan fingerprint density at radius 3 is 2.61 bits per heavy atom. The SMILES string of the molecule is CCNC(CCc1ccncc1)c1ccnn1C. The van der Waals surface area contributed by atoms with Crippen LogP contribution in [0.25, 0.3) is 0 Å². The van der Waals surface area contributed by atoms with Gasteiger partial charge in [0.2, 0.25) is 0 Å². The van der Waals surface area contributed by atoms with Crippen molar-refractivity contribution >= 4 is 0 Å². The summed E-state index contributed by atoms with van der Waals surface area (Å²) in [4.78, 5) is 4.04. The Balaban J connectivity index is 2.01. The summed E-state index contributed by atoms with van der Waals surface area (Å²) in [6.07, 6.45) is 7.66. The van der Waals surface area contributed by atoms with E-state index in [0.717, 1.165) is 19.4 Å². The number of nitrogens with one attached hydrogen (secondary N) is 1. The van der Waals surface area contributed by atoms with E-state index >= 15 is 0 Å². The summed E-state index contributed by atoms with van der Waals surface area (Å²) in [7, 11) is 1.99. The molecular formula is C14H20N4. The van der Waals surface area contributed by atoms with Gasteiger partial charge in [-0.15, -0.1) is 0 Å². The van der Waals surface area contributed by atoms with Gasteiger partial charge in [-0.1, -0.05) is 6.92 Å². The summed E-state index contributed by atoms with van der Waals surface area (Å²) in [6, 6.07) is 6.59. The van der Waals surface area contributed by atoms with Crippen molar-refractivity contribution in [3.8, 4) is 0 Å². The minimum Gasteiger partial charge on any atom is -0.309 e. The molecule has 96 valence electrons. The number of aryl methyl sites for hydroxylation is 2. The molecule has 0 saturated heterocycles. The third kappa shape index (κ3) is 3.17. The van der Waals surface area contributed by atoms with Crippen molar-refractivity contribution in [1.29, 1.82) is 0 Å². The molecular weight excluding hydrogens is 224 g/mol. The average Bonchev–Trinajstić information content (AvgIpc) is 2.82. The fourth-order valence-corrected chi connectivity index (χ4v) is 2.19. The lowest BCUT2D eigenvalue weighted by Crippen LogP contribution is -2.23. The van der Waals surface area contributed by atoms with E-state index in [9.17, 15) is 0 Å². The Morgan fingerprint density at radius 1 is 1.22 bits per heavy atom. The van der Waals surface area contributed by atoms with Gasteiger partial charge in [0.25, 0.3) is 0 Å². The van der Waals surface area contributed by atoms with E-state index in [1.54, 1.807) is 0 Å². The van der Waals surface area contributed by atoms with E-state index in [0.29, 0.717) is 6.04 Å². The summed E-state index contributed by atoms with van der Waals surface area (Å²) in [5.41, 5.74) is 2.57. The van der Waals surface area contributed by atoms with E-state index < -0.39 is 0 Å². The first-order valence-electron chi connectivity index (χ1n) is 6.41. The van der Waals surface area contributed by atoms with Gasteiger partial charge < -0.3 is 5.32 Å². The van der Waals surface area contributed by atoms with Crippen LogP contribution in [0.5, 0.6) is 0 Å². The Bertz CT molecular complexity index is 464. The maximum atomic E-state index is 4.24. The molecule has 0 aliphatic carbocycles. The molecule has 0 aromatic carbocycles. The van der Waals surface area contributed by atoms with Crippen molar-refractivity contribution in [2.45, 2.75) is 25.8 Å². The van der Waals surface area contributed by atoms with Gasteiger partial charge in [-0.2, -0.15) is 5.10 Å². The number of hydrogen-bond donors (Lipinski definition) is 1. The first-order chi connectivity index (χ1) is 8.81. The second-order valence-corrected chi connectivity index (χ2v) is 4.38. The van der Waals surface area contributed by atoms with Crippen LogP contribution in [0.1, 0.15) is 30.6 Å². The van der Waals surface area contributed by atoms with Crippen LogP contribution in [-0.4, -0.2) is 21.3 Å². The Kier molecular flexibility index (Phi) is 4.47. The summed E-state index contributed by atoms with van der Waals surface area (Å²) >= 11 is 0. The standard InChI is InChI=1S/C14H20N4/c1-3-16-13(14-8-11-17-18(14)2)5-4-12-6-9-15-10-7-12/h6-11,13,16H,3-5H2,1-2H3. The minimum absolute atomic E-state index is 0.357. The maximum absolute atomic E-state index is 4.24. The predicted octanol–water partition coefficient (Wildman–Crippen LogP) is 2.10. The van der Waals surface area contributed by atoms with Gasteiger partial charge in [-0.25, -0.2) is 0 Å². The van der Waals surface area contributed by atoms with Crippen LogP contribution < -0.4 is 5.32 Å². The topological polar surface area (TPSA) is 42.7 Å². The van der Waals surface area contributed by atoms with Gasteiger partial charge in [-0.3, -0.25) is 9.67 Å². The molecule has 0 bridgehead atoms. The maximum Gasteiger partial charge on any atom is 0.0550 e. The summed E-state index contributed by atoms with van der Waals surface area (Å²) in [6.45, 7) is 3.10. The summed E-state index contributed by atoms with van der Waals surface area (Å²) < 4.78 is 1.94. The van der Waals surface area contributed by atoms with E-state index in [-0.39, 0.29) is 0 Å². The van der Waals surface area contributed by atoms with Crippen LogP contribution in [0, 0.1) is 0 Å². The average molecular weight is 244 g/mol. The lowest BCUT2D eigenvalue weighted by Gasteiger charge is -2.18. The van der Waals surface area contributed by atoms with Crippen LogP contribution in [0.2, 0.25) is 0 Å². The Labute approximate surface area is 108 Å². The van der Waals surface area contributed by atoms with Crippen molar-refractivity contribution in [2.75, 3.05) is 6.54 Å². The van der Waals surface area contributed by atoms with Crippen LogP contribution in [-0.2, 0) is 13.5 Å². The smallest absolute Gasteiger partial charge is 0.0550 e. The zero-order valence-corrected chi connectivity index (χ0v) is 11.0. The highest BCUT2D eigenvalue weighted by Crippen LogP contribution is 2.18. The third-order valence-electron chi connectivity index (χ3n) is 3.14. The lowest BCUT2D eigenvalue weighted by molar-refractivity contribution is 0.480. The quantitative estimate of drug-likeness (QED) is 0.846. The molecule has 4 heteroatoms. The monoisotopic (exact) mass is 244 g/mol. The number of pyridine rings is 1. The predicted molar refractivity (Wildman–Crippen MR) is 72.2 cm³/mol. The highest BCUT2D eigenvalue weighted by atomic mass is 15.3. The van der Waals surface area contributed by atoms with Crippen LogP contribution >= 0.6 is 0 Å². The normalized spacial score (nSPS) is 12.6. The molecule has 0 aliphatic rings. The molecule has 0 aliphatic heterocycles. The van der Waals surface area contributed by atoms with Crippen molar-refractivity contribution < 1.29 is 0 Å². The molecule has 2 heterocycles. The highest BCUT2D eigenvalue weighted by Gasteiger charge is 2.13. The zero-order chi connectivity index (χ0) is 12.8. The molecule has 0 amide bonds. The van der Waals surface area contributed by atoms with Gasteiger partial charge in [-0.05, 0) is 43.1 Å². The van der Waals surface area contributed by atoms with Crippen LogP contribution in [0.3, 0.4) is 0 Å². The number of rotatable bonds is 6. The summed E-state index contributed by atoms with van der Waals surface area (Å²) in [5, 5.41) is 7.76. The van der Waals surface area contributed by atoms with Crippen molar-refractivity contribution in [3.05, 3.63) is 48.0 Å². The largest absolute Gasteiger partial charge is 0.309 e. The number of aromatic nitrogens is 3. The van der Waals surface area contributed by atoms with Crippen molar-refractivity contribution in [2.24, 2.45) is 7.05 Å². The molecule has 0 saturated carbocycles. The van der Waals surface area contributed by atoms with E-state index in [4.69, 9.17) is 0 Å². The molecule has 0 radical (unpaired) electrons. The molecule has 2 rings (SSSR count). The second kappa shape index (κ2) is 6.31. The van der Waals surface area contributed by atoms with Crippen LogP contribution in [0.4, 0.5) is 0 Å². The first kappa shape index (κ1) is 12.8. The molecule has 0 fully saturated rings. The first-order valence-corrected chi connectivity index (χ1v) is 6.41. The molecule has 2 aromatic rings. The molecule has 1 atom stereocenters. The molecule has 0 spiro atoms. The molecule has 18 heavy (non-hydrogen) atoms. The minimum atomic E-state index is 0.357. The van der Waals surface area contributed by atoms with Gasteiger partial charge >= 0.3 is 0 Å². The second-order valence-electron chi connectivity index (χ2n) is 4.38. The van der Waals surface area contributed by atoms with Crippen molar-refractivity contribution in [1.82, 2.24) is 20.1 Å². The van der Waals surface area contributed by atoms with Gasteiger partial charge in [0.15, 0.2) is 0 Å². The molecule has 1 unspecified atom stereocenters. The Hall–Kier alpha value is -1.68. The molecule has 2 aromatic heterocycles. The van der Waals surface area contributed by atoms with Crippen LogP contribution in [0.15, 0.2) is 36.8 Å². The summed E-state index contributed by atoms with van der Waals surface area (Å²) in [5.74, 6) is 0. The lowest BCUT2D eigenvalue weighted by atomic mass is 10.0. The molecule has 4 nitrogen and oxygen atoms in total. The van der Waals surface area contributed by atoms with E-state index in [1.165, 1.54) is 11.3 Å².